The van der Waals surface area contributed by atoms with Crippen molar-refractivity contribution >= 4 is 34.0 Å². The average molecular weight is 339 g/mol. The Morgan fingerprint density at radius 1 is 1.08 bits per heavy atom. The van der Waals surface area contributed by atoms with Gasteiger partial charge in [-0.15, -0.1) is 10.2 Å². The molecule has 0 aliphatic heterocycles. The molecule has 3 N–H and O–H groups in total. The standard InChI is InChI=1S/C16H13N5O2S/c17-14-11(7-4-8-18-14)13(23)15-20-21-16(24-15)19-12(22)9-10-5-2-1-3-6-10/h1-8H,9H2,(H2,17,18)(H,19,21,22). The molecule has 0 saturated heterocycles. The quantitative estimate of drug-likeness (QED) is 0.687. The molecule has 3 rings (SSSR count). The highest BCUT2D eigenvalue weighted by molar-refractivity contribution is 7.17. The first kappa shape index (κ1) is 15.8. The summed E-state index contributed by atoms with van der Waals surface area (Å²) in [7, 11) is 0. The van der Waals surface area contributed by atoms with Crippen LogP contribution >= 0.6 is 11.3 Å². The molecular weight excluding hydrogens is 326 g/mol. The molecule has 2 aromatic heterocycles. The van der Waals surface area contributed by atoms with Crippen molar-refractivity contribution in [3.8, 4) is 0 Å². The minimum atomic E-state index is -0.373. The first-order valence-electron chi connectivity index (χ1n) is 7.06. The predicted octanol–water partition coefficient (Wildman–Crippen LogP) is 1.93. The van der Waals surface area contributed by atoms with Crippen LogP contribution in [0.15, 0.2) is 48.7 Å². The molecule has 0 aliphatic carbocycles. The molecule has 0 aliphatic rings. The van der Waals surface area contributed by atoms with Gasteiger partial charge in [0.25, 0.3) is 0 Å². The van der Waals surface area contributed by atoms with E-state index in [0.717, 1.165) is 16.9 Å². The van der Waals surface area contributed by atoms with E-state index in [1.807, 2.05) is 30.3 Å². The Morgan fingerprint density at radius 2 is 1.88 bits per heavy atom. The highest BCUT2D eigenvalue weighted by Gasteiger charge is 2.18. The van der Waals surface area contributed by atoms with Crippen LogP contribution in [0.5, 0.6) is 0 Å². The SMILES string of the molecule is Nc1ncccc1C(=O)c1nnc(NC(=O)Cc2ccccc2)s1. The van der Waals surface area contributed by atoms with Crippen LogP contribution in [-0.4, -0.2) is 26.9 Å². The Morgan fingerprint density at radius 3 is 2.62 bits per heavy atom. The number of rotatable bonds is 5. The smallest absolute Gasteiger partial charge is 0.230 e. The molecule has 0 unspecified atom stereocenters. The Kier molecular flexibility index (Phi) is 4.57. The lowest BCUT2D eigenvalue weighted by Gasteiger charge is -2.01. The second-order valence-corrected chi connectivity index (χ2v) is 5.87. The molecule has 0 radical (unpaired) electrons. The van der Waals surface area contributed by atoms with Gasteiger partial charge in [-0.25, -0.2) is 4.98 Å². The molecule has 24 heavy (non-hydrogen) atoms. The van der Waals surface area contributed by atoms with Crippen molar-refractivity contribution in [2.45, 2.75) is 6.42 Å². The molecule has 1 aromatic carbocycles. The van der Waals surface area contributed by atoms with Crippen molar-refractivity contribution in [3.05, 3.63) is 64.8 Å². The maximum absolute atomic E-state index is 12.3. The molecule has 7 nitrogen and oxygen atoms in total. The lowest BCUT2D eigenvalue weighted by Crippen LogP contribution is -2.14. The van der Waals surface area contributed by atoms with Gasteiger partial charge in [-0.3, -0.25) is 9.59 Å². The fraction of sp³-hybridized carbons (Fsp3) is 0.0625. The van der Waals surface area contributed by atoms with Crippen LogP contribution < -0.4 is 11.1 Å². The summed E-state index contributed by atoms with van der Waals surface area (Å²) in [5.74, 6) is -0.466. The topological polar surface area (TPSA) is 111 Å². The summed E-state index contributed by atoms with van der Waals surface area (Å²) in [5.41, 5.74) is 6.83. The molecule has 120 valence electrons. The molecule has 8 heteroatoms. The highest BCUT2D eigenvalue weighted by atomic mass is 32.1. The van der Waals surface area contributed by atoms with Crippen LogP contribution in [0.3, 0.4) is 0 Å². The summed E-state index contributed by atoms with van der Waals surface area (Å²) < 4.78 is 0. The van der Waals surface area contributed by atoms with Crippen molar-refractivity contribution in [1.29, 1.82) is 0 Å². The van der Waals surface area contributed by atoms with E-state index < -0.39 is 0 Å². The third-order valence-electron chi connectivity index (χ3n) is 3.16. The second-order valence-electron chi connectivity index (χ2n) is 4.89. The van der Waals surface area contributed by atoms with E-state index in [2.05, 4.69) is 20.5 Å². The summed E-state index contributed by atoms with van der Waals surface area (Å²) in [6.07, 6.45) is 1.72. The van der Waals surface area contributed by atoms with Gasteiger partial charge < -0.3 is 11.1 Å². The third-order valence-corrected chi connectivity index (χ3v) is 3.99. The number of benzene rings is 1. The zero-order chi connectivity index (χ0) is 16.9. The maximum atomic E-state index is 12.3. The van der Waals surface area contributed by atoms with Crippen molar-refractivity contribution in [3.63, 3.8) is 0 Å². The number of nitrogens with one attached hydrogen (secondary N) is 1. The van der Waals surface area contributed by atoms with Gasteiger partial charge in [0.15, 0.2) is 5.01 Å². The van der Waals surface area contributed by atoms with Crippen LogP contribution in [0.1, 0.15) is 20.9 Å². The number of carbonyl (C=O) groups excluding carboxylic acids is 2. The number of nitrogens with two attached hydrogens (primary N) is 1. The number of pyridine rings is 1. The lowest BCUT2D eigenvalue weighted by atomic mass is 10.1. The maximum Gasteiger partial charge on any atom is 0.230 e. The van der Waals surface area contributed by atoms with Crippen LogP contribution in [0.2, 0.25) is 0 Å². The minimum Gasteiger partial charge on any atom is -0.383 e. The molecule has 0 spiro atoms. The zero-order valence-corrected chi connectivity index (χ0v) is 13.3. The number of hydrogen-bond acceptors (Lipinski definition) is 7. The first-order valence-corrected chi connectivity index (χ1v) is 7.87. The van der Waals surface area contributed by atoms with Gasteiger partial charge in [0.1, 0.15) is 5.82 Å². The highest BCUT2D eigenvalue weighted by Crippen LogP contribution is 2.20. The Bertz CT molecular complexity index is 879. The Hall–Kier alpha value is -3.13. The van der Waals surface area contributed by atoms with Crippen molar-refractivity contribution in [2.75, 3.05) is 11.1 Å². The number of carbonyl (C=O) groups is 2. The minimum absolute atomic E-state index is 0.132. The van der Waals surface area contributed by atoms with Crippen LogP contribution in [-0.2, 0) is 11.2 Å². The molecule has 0 fully saturated rings. The van der Waals surface area contributed by atoms with Crippen LogP contribution in [0.4, 0.5) is 10.9 Å². The molecule has 0 atom stereocenters. The van der Waals surface area contributed by atoms with E-state index in [4.69, 9.17) is 5.73 Å². The van der Waals surface area contributed by atoms with E-state index in [1.165, 1.54) is 6.20 Å². The van der Waals surface area contributed by atoms with Gasteiger partial charge in [-0.1, -0.05) is 41.7 Å². The van der Waals surface area contributed by atoms with E-state index >= 15 is 0 Å². The van der Waals surface area contributed by atoms with Crippen molar-refractivity contribution < 1.29 is 9.59 Å². The van der Waals surface area contributed by atoms with Gasteiger partial charge in [0.2, 0.25) is 16.8 Å². The van der Waals surface area contributed by atoms with Crippen molar-refractivity contribution in [1.82, 2.24) is 15.2 Å². The fourth-order valence-corrected chi connectivity index (χ4v) is 2.75. The summed E-state index contributed by atoms with van der Waals surface area (Å²) in [5, 5.41) is 10.7. The molecular formula is C16H13N5O2S. The first-order chi connectivity index (χ1) is 11.6. The average Bonchev–Trinajstić information content (AvgIpc) is 3.04. The fourth-order valence-electron chi connectivity index (χ4n) is 2.03. The summed E-state index contributed by atoms with van der Waals surface area (Å²) in [4.78, 5) is 28.2. The molecule has 2 heterocycles. The van der Waals surface area contributed by atoms with Gasteiger partial charge >= 0.3 is 0 Å². The summed E-state index contributed by atoms with van der Waals surface area (Å²) in [6.45, 7) is 0. The molecule has 0 saturated carbocycles. The molecule has 0 bridgehead atoms. The van der Waals surface area contributed by atoms with Gasteiger partial charge in [-0.05, 0) is 17.7 Å². The predicted molar refractivity (Wildman–Crippen MR) is 90.8 cm³/mol. The monoisotopic (exact) mass is 339 g/mol. The molecule has 3 aromatic rings. The third kappa shape index (κ3) is 3.61. The normalized spacial score (nSPS) is 10.3. The van der Waals surface area contributed by atoms with E-state index in [1.54, 1.807) is 12.1 Å². The van der Waals surface area contributed by atoms with E-state index in [-0.39, 0.29) is 39.6 Å². The van der Waals surface area contributed by atoms with Gasteiger partial charge in [-0.2, -0.15) is 0 Å². The zero-order valence-electron chi connectivity index (χ0n) is 12.5. The van der Waals surface area contributed by atoms with E-state index in [0.29, 0.717) is 0 Å². The Balaban J connectivity index is 1.68. The number of nitrogen functional groups attached to an aromatic ring is 1. The Labute approximate surface area is 141 Å². The second kappa shape index (κ2) is 6.97. The number of amides is 1. The lowest BCUT2D eigenvalue weighted by molar-refractivity contribution is -0.115. The number of hydrogen-bond donors (Lipinski definition) is 2. The molecule has 1 amide bonds. The van der Waals surface area contributed by atoms with Gasteiger partial charge in [0, 0.05) is 6.20 Å². The number of ketones is 1. The summed E-state index contributed by atoms with van der Waals surface area (Å²) in [6, 6.07) is 12.5. The largest absolute Gasteiger partial charge is 0.383 e. The van der Waals surface area contributed by atoms with Crippen LogP contribution in [0.25, 0.3) is 0 Å². The van der Waals surface area contributed by atoms with Crippen molar-refractivity contribution in [2.24, 2.45) is 0 Å². The number of aromatic nitrogens is 3. The number of nitrogens with zero attached hydrogens (tertiary/aromatic N) is 3. The van der Waals surface area contributed by atoms with E-state index in [9.17, 15) is 9.59 Å². The summed E-state index contributed by atoms with van der Waals surface area (Å²) >= 11 is 0.996. The van der Waals surface area contributed by atoms with Crippen LogP contribution in [0, 0.1) is 0 Å². The number of anilines is 2. The van der Waals surface area contributed by atoms with Gasteiger partial charge in [0.05, 0.1) is 12.0 Å².